The minimum Gasteiger partial charge on any atom is -0.493 e. The molecule has 2 heterocycles. The number of ether oxygens (including phenoxy) is 2. The van der Waals surface area contributed by atoms with Crippen LogP contribution in [0.1, 0.15) is 37.9 Å². The Morgan fingerprint density at radius 1 is 1.09 bits per heavy atom. The van der Waals surface area contributed by atoms with E-state index in [1.807, 2.05) is 6.92 Å². The van der Waals surface area contributed by atoms with Crippen LogP contribution in [-0.4, -0.2) is 74.1 Å². The molecule has 1 aromatic heterocycles. The largest absolute Gasteiger partial charge is 0.493 e. The predicted molar refractivity (Wildman–Crippen MR) is 116 cm³/mol. The molecule has 1 saturated heterocycles. The minimum absolute atomic E-state index is 0.00135. The Hall–Kier alpha value is -2.66. The van der Waals surface area contributed by atoms with Crippen molar-refractivity contribution in [2.24, 2.45) is 0 Å². The van der Waals surface area contributed by atoms with Crippen molar-refractivity contribution in [1.82, 2.24) is 19.3 Å². The number of methoxy groups -OCH3 is 2. The summed E-state index contributed by atoms with van der Waals surface area (Å²) < 4.78 is 43.0. The number of hydrogen-bond acceptors (Lipinski definition) is 8. The summed E-state index contributed by atoms with van der Waals surface area (Å²) >= 11 is 0. The Balaban J connectivity index is 1.50. The highest BCUT2D eigenvalue weighted by atomic mass is 32.2. The SMILES string of the molecule is CCCc1noc(CCCC(=O)N2CCN(S(=O)(=O)c3ccc(OC)c(OC)c3)CC2)n1. The lowest BCUT2D eigenvalue weighted by Gasteiger charge is -2.34. The third-order valence-corrected chi connectivity index (χ3v) is 7.24. The zero-order valence-electron chi connectivity index (χ0n) is 18.7. The van der Waals surface area contributed by atoms with E-state index in [0.29, 0.717) is 55.6 Å². The van der Waals surface area contributed by atoms with Gasteiger partial charge in [-0.25, -0.2) is 8.42 Å². The Labute approximate surface area is 188 Å². The Morgan fingerprint density at radius 3 is 2.47 bits per heavy atom. The monoisotopic (exact) mass is 466 g/mol. The Bertz CT molecular complexity index is 1020. The Kier molecular flexibility index (Phi) is 8.08. The average molecular weight is 467 g/mol. The number of carbonyl (C=O) groups excluding carboxylic acids is 1. The molecule has 0 unspecified atom stereocenters. The van der Waals surface area contributed by atoms with Crippen molar-refractivity contribution in [3.05, 3.63) is 29.9 Å². The number of amides is 1. The molecule has 0 aliphatic carbocycles. The number of piperazine rings is 1. The molecule has 1 fully saturated rings. The van der Waals surface area contributed by atoms with Gasteiger partial charge in [-0.1, -0.05) is 12.1 Å². The van der Waals surface area contributed by atoms with Gasteiger partial charge < -0.3 is 18.9 Å². The molecule has 0 bridgehead atoms. The van der Waals surface area contributed by atoms with Crippen LogP contribution in [-0.2, 0) is 27.7 Å². The third-order valence-electron chi connectivity index (χ3n) is 5.35. The zero-order chi connectivity index (χ0) is 23.1. The number of nitrogens with zero attached hydrogens (tertiary/aromatic N) is 4. The maximum absolute atomic E-state index is 13.0. The van der Waals surface area contributed by atoms with E-state index in [1.165, 1.54) is 30.7 Å². The second-order valence-electron chi connectivity index (χ2n) is 7.51. The summed E-state index contributed by atoms with van der Waals surface area (Å²) in [6.07, 6.45) is 3.24. The van der Waals surface area contributed by atoms with Crippen molar-refractivity contribution in [3.63, 3.8) is 0 Å². The van der Waals surface area contributed by atoms with E-state index in [4.69, 9.17) is 14.0 Å². The molecule has 1 amide bonds. The predicted octanol–water partition coefficient (Wildman–Crippen LogP) is 1.90. The van der Waals surface area contributed by atoms with E-state index >= 15 is 0 Å². The maximum atomic E-state index is 13.0. The lowest BCUT2D eigenvalue weighted by Crippen LogP contribution is -2.50. The van der Waals surface area contributed by atoms with Crippen molar-refractivity contribution in [1.29, 1.82) is 0 Å². The summed E-state index contributed by atoms with van der Waals surface area (Å²) in [6.45, 7) is 3.24. The Morgan fingerprint density at radius 2 is 1.81 bits per heavy atom. The molecule has 0 radical (unpaired) electrons. The normalized spacial score (nSPS) is 15.0. The molecule has 1 aliphatic rings. The van der Waals surface area contributed by atoms with Gasteiger partial charge >= 0.3 is 0 Å². The number of sulfonamides is 1. The summed E-state index contributed by atoms with van der Waals surface area (Å²) in [5.41, 5.74) is 0. The van der Waals surface area contributed by atoms with Crippen molar-refractivity contribution >= 4 is 15.9 Å². The topological polar surface area (TPSA) is 115 Å². The van der Waals surface area contributed by atoms with Crippen LogP contribution in [0.25, 0.3) is 0 Å². The molecule has 0 spiro atoms. The number of hydrogen-bond donors (Lipinski definition) is 0. The molecule has 32 heavy (non-hydrogen) atoms. The first-order valence-electron chi connectivity index (χ1n) is 10.7. The number of benzene rings is 1. The van der Waals surface area contributed by atoms with Gasteiger partial charge in [0.1, 0.15) is 0 Å². The number of aromatic nitrogens is 2. The minimum atomic E-state index is -3.69. The van der Waals surface area contributed by atoms with Crippen LogP contribution in [0.5, 0.6) is 11.5 Å². The van der Waals surface area contributed by atoms with E-state index in [2.05, 4.69) is 10.1 Å². The second-order valence-corrected chi connectivity index (χ2v) is 9.45. The highest BCUT2D eigenvalue weighted by molar-refractivity contribution is 7.89. The van der Waals surface area contributed by atoms with Gasteiger partial charge in [0.15, 0.2) is 17.3 Å². The fourth-order valence-corrected chi connectivity index (χ4v) is 5.01. The lowest BCUT2D eigenvalue weighted by molar-refractivity contribution is -0.132. The summed E-state index contributed by atoms with van der Waals surface area (Å²) in [5.74, 6) is 2.06. The summed E-state index contributed by atoms with van der Waals surface area (Å²) in [5, 5.41) is 3.91. The van der Waals surface area contributed by atoms with Gasteiger partial charge in [-0.2, -0.15) is 9.29 Å². The molecule has 10 nitrogen and oxygen atoms in total. The summed E-state index contributed by atoms with van der Waals surface area (Å²) in [4.78, 5) is 18.7. The van der Waals surface area contributed by atoms with Gasteiger partial charge in [0.05, 0.1) is 19.1 Å². The first-order valence-corrected chi connectivity index (χ1v) is 12.1. The molecule has 11 heteroatoms. The van der Waals surface area contributed by atoms with Gasteiger partial charge in [0, 0.05) is 51.5 Å². The molecular formula is C21H30N4O6S. The number of rotatable bonds is 10. The van der Waals surface area contributed by atoms with Crippen molar-refractivity contribution in [2.45, 2.75) is 43.9 Å². The van der Waals surface area contributed by atoms with Crippen LogP contribution < -0.4 is 9.47 Å². The number of carbonyl (C=O) groups is 1. The van der Waals surface area contributed by atoms with Crippen LogP contribution in [0.4, 0.5) is 0 Å². The highest BCUT2D eigenvalue weighted by Crippen LogP contribution is 2.30. The van der Waals surface area contributed by atoms with E-state index in [1.54, 1.807) is 11.0 Å². The first kappa shape index (κ1) is 24.0. The van der Waals surface area contributed by atoms with Crippen LogP contribution in [0.15, 0.2) is 27.6 Å². The van der Waals surface area contributed by atoms with Crippen LogP contribution >= 0.6 is 0 Å². The smallest absolute Gasteiger partial charge is 0.243 e. The molecule has 1 aliphatic heterocycles. The fourth-order valence-electron chi connectivity index (χ4n) is 3.57. The molecule has 0 atom stereocenters. The average Bonchev–Trinajstić information content (AvgIpc) is 3.26. The molecule has 2 aromatic rings. The molecule has 3 rings (SSSR count). The van der Waals surface area contributed by atoms with Gasteiger partial charge in [0.25, 0.3) is 0 Å². The fraction of sp³-hybridized carbons (Fsp3) is 0.571. The summed E-state index contributed by atoms with van der Waals surface area (Å²) in [6, 6.07) is 4.52. The highest BCUT2D eigenvalue weighted by Gasteiger charge is 2.30. The molecule has 0 saturated carbocycles. The first-order chi connectivity index (χ1) is 15.4. The number of aryl methyl sites for hydroxylation is 2. The van der Waals surface area contributed by atoms with Gasteiger partial charge in [0.2, 0.25) is 21.8 Å². The molecule has 1 aromatic carbocycles. The van der Waals surface area contributed by atoms with Crippen LogP contribution in [0.3, 0.4) is 0 Å². The summed E-state index contributed by atoms with van der Waals surface area (Å²) in [7, 11) is -0.738. The van der Waals surface area contributed by atoms with Crippen molar-refractivity contribution in [2.75, 3.05) is 40.4 Å². The quantitative estimate of drug-likeness (QED) is 0.521. The van der Waals surface area contributed by atoms with E-state index in [-0.39, 0.29) is 23.9 Å². The van der Waals surface area contributed by atoms with Crippen molar-refractivity contribution in [3.8, 4) is 11.5 Å². The standard InChI is InChI=1S/C21H30N4O6S/c1-4-6-19-22-20(31-23-19)7-5-8-21(26)24-11-13-25(14-12-24)32(27,28)16-9-10-17(29-2)18(15-16)30-3/h9-10,15H,4-8,11-14H2,1-3H3. The lowest BCUT2D eigenvalue weighted by atomic mass is 10.2. The zero-order valence-corrected chi connectivity index (χ0v) is 19.6. The van der Waals surface area contributed by atoms with Gasteiger partial charge in [-0.3, -0.25) is 4.79 Å². The third kappa shape index (κ3) is 5.57. The molecule has 176 valence electrons. The van der Waals surface area contributed by atoms with E-state index in [0.717, 1.165) is 12.8 Å². The maximum Gasteiger partial charge on any atom is 0.243 e. The van der Waals surface area contributed by atoms with E-state index < -0.39 is 10.0 Å². The molecular weight excluding hydrogens is 436 g/mol. The van der Waals surface area contributed by atoms with Gasteiger partial charge in [-0.15, -0.1) is 0 Å². The van der Waals surface area contributed by atoms with Crippen LogP contribution in [0.2, 0.25) is 0 Å². The van der Waals surface area contributed by atoms with E-state index in [9.17, 15) is 13.2 Å². The van der Waals surface area contributed by atoms with Crippen molar-refractivity contribution < 1.29 is 27.2 Å². The van der Waals surface area contributed by atoms with Gasteiger partial charge in [-0.05, 0) is 25.0 Å². The second kappa shape index (κ2) is 10.8. The van der Waals surface area contributed by atoms with Crippen LogP contribution in [0, 0.1) is 0 Å². The molecule has 0 N–H and O–H groups in total.